The Kier molecular flexibility index (Phi) is 4.07. The predicted molar refractivity (Wildman–Crippen MR) is 54.3 cm³/mol. The molecule has 0 unspecified atom stereocenters. The van der Waals surface area contributed by atoms with E-state index in [1.54, 1.807) is 0 Å². The van der Waals surface area contributed by atoms with Crippen molar-refractivity contribution in [3.63, 3.8) is 0 Å². The maximum absolute atomic E-state index is 3.73. The van der Waals surface area contributed by atoms with E-state index in [2.05, 4.69) is 26.1 Å². The average Bonchev–Trinajstić information content (AvgIpc) is 2.55. The molecule has 1 N–H and O–H groups in total. The van der Waals surface area contributed by atoms with E-state index in [-0.39, 0.29) is 0 Å². The molecule has 0 aromatic heterocycles. The van der Waals surface area contributed by atoms with Crippen LogP contribution in [0.3, 0.4) is 0 Å². The maximum atomic E-state index is 3.73. The van der Waals surface area contributed by atoms with Gasteiger partial charge in [-0.1, -0.05) is 33.1 Å². The Labute approximate surface area is 76.9 Å². The molecule has 12 heavy (non-hydrogen) atoms. The van der Waals surface area contributed by atoms with E-state index in [0.717, 1.165) is 12.0 Å². The summed E-state index contributed by atoms with van der Waals surface area (Å²) in [7, 11) is 0. The van der Waals surface area contributed by atoms with Gasteiger partial charge in [-0.2, -0.15) is 0 Å². The summed E-state index contributed by atoms with van der Waals surface area (Å²) in [6.07, 6.45) is 6.97. The van der Waals surface area contributed by atoms with Gasteiger partial charge in [-0.05, 0) is 25.7 Å². The quantitative estimate of drug-likeness (QED) is 0.682. The fourth-order valence-corrected chi connectivity index (χ4v) is 1.98. The Morgan fingerprint density at radius 1 is 1.25 bits per heavy atom. The predicted octanol–water partition coefficient (Wildman–Crippen LogP) is 2.95. The first-order valence-corrected chi connectivity index (χ1v) is 5.50. The van der Waals surface area contributed by atoms with Crippen molar-refractivity contribution in [2.45, 2.75) is 65.0 Å². The Morgan fingerprint density at radius 3 is 2.33 bits per heavy atom. The molecule has 0 spiro atoms. The van der Waals surface area contributed by atoms with Gasteiger partial charge in [-0.15, -0.1) is 0 Å². The molecule has 1 saturated carbocycles. The average molecular weight is 169 g/mol. The van der Waals surface area contributed by atoms with Gasteiger partial charge in [0, 0.05) is 12.1 Å². The van der Waals surface area contributed by atoms with Crippen LogP contribution in [0.1, 0.15) is 52.9 Å². The summed E-state index contributed by atoms with van der Waals surface area (Å²) < 4.78 is 0. The van der Waals surface area contributed by atoms with Gasteiger partial charge in [-0.25, -0.2) is 0 Å². The molecule has 1 rings (SSSR count). The minimum absolute atomic E-state index is 0.707. The summed E-state index contributed by atoms with van der Waals surface area (Å²) in [6, 6.07) is 1.53. The first kappa shape index (κ1) is 10.0. The van der Waals surface area contributed by atoms with Gasteiger partial charge in [0.1, 0.15) is 0 Å². The highest BCUT2D eigenvalue weighted by molar-refractivity contribution is 4.78. The minimum atomic E-state index is 0.707. The normalized spacial score (nSPS) is 24.2. The highest BCUT2D eigenvalue weighted by Crippen LogP contribution is 2.19. The van der Waals surface area contributed by atoms with E-state index >= 15 is 0 Å². The molecule has 0 amide bonds. The van der Waals surface area contributed by atoms with Crippen molar-refractivity contribution < 1.29 is 0 Å². The van der Waals surface area contributed by atoms with E-state index in [0.29, 0.717) is 6.04 Å². The second-order valence-corrected chi connectivity index (χ2v) is 4.32. The monoisotopic (exact) mass is 169 g/mol. The zero-order chi connectivity index (χ0) is 8.97. The van der Waals surface area contributed by atoms with E-state index < -0.39 is 0 Å². The van der Waals surface area contributed by atoms with Gasteiger partial charge in [0.2, 0.25) is 0 Å². The Morgan fingerprint density at radius 2 is 1.83 bits per heavy atom. The van der Waals surface area contributed by atoms with Gasteiger partial charge >= 0.3 is 0 Å². The molecule has 1 nitrogen and oxygen atoms in total. The van der Waals surface area contributed by atoms with Crippen LogP contribution in [0.2, 0.25) is 0 Å². The third-order valence-corrected chi connectivity index (χ3v) is 3.35. The molecule has 1 fully saturated rings. The first-order chi connectivity index (χ1) is 5.74. The van der Waals surface area contributed by atoms with E-state index in [1.807, 2.05) is 0 Å². The summed E-state index contributed by atoms with van der Waals surface area (Å²) in [6.45, 7) is 6.94. The van der Waals surface area contributed by atoms with Gasteiger partial charge in [0.05, 0.1) is 0 Å². The zero-order valence-electron chi connectivity index (χ0n) is 8.77. The van der Waals surface area contributed by atoms with Crippen molar-refractivity contribution in [1.82, 2.24) is 5.32 Å². The van der Waals surface area contributed by atoms with Crippen LogP contribution in [0.5, 0.6) is 0 Å². The molecule has 1 aliphatic rings. The fraction of sp³-hybridized carbons (Fsp3) is 1.00. The van der Waals surface area contributed by atoms with Crippen LogP contribution < -0.4 is 5.32 Å². The zero-order valence-corrected chi connectivity index (χ0v) is 8.77. The number of rotatable bonds is 4. The molecule has 1 aliphatic carbocycles. The van der Waals surface area contributed by atoms with E-state index in [9.17, 15) is 0 Å². The number of nitrogens with one attached hydrogen (secondary N) is 1. The molecule has 0 aromatic rings. The van der Waals surface area contributed by atoms with E-state index in [1.165, 1.54) is 32.1 Å². The van der Waals surface area contributed by atoms with Crippen LogP contribution in [-0.4, -0.2) is 12.1 Å². The third kappa shape index (κ3) is 2.78. The third-order valence-electron chi connectivity index (χ3n) is 3.35. The molecule has 0 aromatic carbocycles. The molecule has 0 aliphatic heterocycles. The molecule has 72 valence electrons. The molecule has 2 atom stereocenters. The lowest BCUT2D eigenvalue weighted by Gasteiger charge is -2.23. The van der Waals surface area contributed by atoms with Crippen LogP contribution in [0.25, 0.3) is 0 Å². The van der Waals surface area contributed by atoms with Crippen molar-refractivity contribution >= 4 is 0 Å². The highest BCUT2D eigenvalue weighted by Gasteiger charge is 2.18. The van der Waals surface area contributed by atoms with Crippen molar-refractivity contribution in [3.8, 4) is 0 Å². The first-order valence-electron chi connectivity index (χ1n) is 5.50. The summed E-state index contributed by atoms with van der Waals surface area (Å²) in [5.74, 6) is 0.825. The molecule has 1 heteroatoms. The van der Waals surface area contributed by atoms with Crippen LogP contribution in [0.15, 0.2) is 0 Å². The SMILES string of the molecule is CC[C@@H](C)[C@H](C)NC1CCCC1. The Balaban J connectivity index is 2.19. The van der Waals surface area contributed by atoms with Crippen LogP contribution in [0.4, 0.5) is 0 Å². The standard InChI is InChI=1S/C11H23N/c1-4-9(2)10(3)12-11-7-5-6-8-11/h9-12H,4-8H2,1-3H3/t9-,10+/m1/s1. The van der Waals surface area contributed by atoms with Crippen molar-refractivity contribution in [2.24, 2.45) is 5.92 Å². The van der Waals surface area contributed by atoms with Crippen LogP contribution in [0, 0.1) is 5.92 Å². The van der Waals surface area contributed by atoms with E-state index in [4.69, 9.17) is 0 Å². The topological polar surface area (TPSA) is 12.0 Å². The van der Waals surface area contributed by atoms with Crippen LogP contribution in [-0.2, 0) is 0 Å². The summed E-state index contributed by atoms with van der Waals surface area (Å²) in [4.78, 5) is 0. The Bertz CT molecular complexity index is 116. The molecule has 0 bridgehead atoms. The molecular weight excluding hydrogens is 146 g/mol. The lowest BCUT2D eigenvalue weighted by atomic mass is 10.00. The maximum Gasteiger partial charge on any atom is 0.00696 e. The van der Waals surface area contributed by atoms with Crippen LogP contribution >= 0.6 is 0 Å². The van der Waals surface area contributed by atoms with Crippen molar-refractivity contribution in [1.29, 1.82) is 0 Å². The lowest BCUT2D eigenvalue weighted by Crippen LogP contribution is -2.38. The molecular formula is C11H23N. The number of hydrogen-bond acceptors (Lipinski definition) is 1. The molecule has 0 heterocycles. The molecule has 0 radical (unpaired) electrons. The summed E-state index contributed by atoms with van der Waals surface area (Å²) >= 11 is 0. The smallest absolute Gasteiger partial charge is 0.00696 e. The van der Waals surface area contributed by atoms with Gasteiger partial charge in [0.15, 0.2) is 0 Å². The summed E-state index contributed by atoms with van der Waals surface area (Å²) in [5, 5.41) is 3.73. The Hall–Kier alpha value is -0.0400. The summed E-state index contributed by atoms with van der Waals surface area (Å²) in [5.41, 5.74) is 0. The fourth-order valence-electron chi connectivity index (χ4n) is 1.98. The largest absolute Gasteiger partial charge is 0.311 e. The molecule has 0 saturated heterocycles. The van der Waals surface area contributed by atoms with Crippen molar-refractivity contribution in [3.05, 3.63) is 0 Å². The number of hydrogen-bond donors (Lipinski definition) is 1. The lowest BCUT2D eigenvalue weighted by molar-refractivity contribution is 0.349. The van der Waals surface area contributed by atoms with Gasteiger partial charge in [-0.3, -0.25) is 0 Å². The second-order valence-electron chi connectivity index (χ2n) is 4.32. The van der Waals surface area contributed by atoms with Crippen molar-refractivity contribution in [2.75, 3.05) is 0 Å². The van der Waals surface area contributed by atoms with Gasteiger partial charge < -0.3 is 5.32 Å². The minimum Gasteiger partial charge on any atom is -0.311 e. The highest BCUT2D eigenvalue weighted by atomic mass is 15.0. The van der Waals surface area contributed by atoms with Gasteiger partial charge in [0.25, 0.3) is 0 Å². The second kappa shape index (κ2) is 4.86.